The van der Waals surface area contributed by atoms with E-state index in [2.05, 4.69) is 13.8 Å². The summed E-state index contributed by atoms with van der Waals surface area (Å²) in [7, 11) is 0. The van der Waals surface area contributed by atoms with Gasteiger partial charge in [0.25, 0.3) is 0 Å². The van der Waals surface area contributed by atoms with Gasteiger partial charge >= 0.3 is 5.97 Å². The molecule has 0 aromatic rings. The summed E-state index contributed by atoms with van der Waals surface area (Å²) in [5.41, 5.74) is -1.04. The molecule has 2 atom stereocenters. The summed E-state index contributed by atoms with van der Waals surface area (Å²) in [5.74, 6) is -0.478. The number of hydrogen-bond donors (Lipinski definition) is 1. The van der Waals surface area contributed by atoms with Gasteiger partial charge in [-0.1, -0.05) is 20.8 Å². The largest absolute Gasteiger partial charge is 0.464 e. The highest BCUT2D eigenvalue weighted by Gasteiger charge is 2.48. The van der Waals surface area contributed by atoms with Gasteiger partial charge in [-0.15, -0.1) is 0 Å². The lowest BCUT2D eigenvalue weighted by molar-refractivity contribution is -0.178. The lowest BCUT2D eigenvalue weighted by Gasteiger charge is -2.43. The molecule has 0 aliphatic heterocycles. The van der Waals surface area contributed by atoms with E-state index in [-0.39, 0.29) is 11.3 Å². The van der Waals surface area contributed by atoms with E-state index in [9.17, 15) is 9.90 Å². The molecule has 0 amide bonds. The van der Waals surface area contributed by atoms with Crippen LogP contribution in [0.2, 0.25) is 0 Å². The van der Waals surface area contributed by atoms with E-state index in [0.717, 1.165) is 12.8 Å². The molecule has 3 nitrogen and oxygen atoms in total. The predicted octanol–water partition coefficient (Wildman–Crippen LogP) is 2.13. The molecule has 88 valence electrons. The molecular formula is C12H22O3. The second-order valence-corrected chi connectivity index (χ2v) is 5.41. The van der Waals surface area contributed by atoms with E-state index in [1.807, 2.05) is 6.92 Å². The first kappa shape index (κ1) is 12.5. The van der Waals surface area contributed by atoms with E-state index in [1.165, 1.54) is 0 Å². The van der Waals surface area contributed by atoms with Gasteiger partial charge in [-0.05, 0) is 37.5 Å². The quantitative estimate of drug-likeness (QED) is 0.716. The molecule has 0 aromatic carbocycles. The summed E-state index contributed by atoms with van der Waals surface area (Å²) < 4.78 is 4.93. The number of carbonyl (C=O) groups is 1. The van der Waals surface area contributed by atoms with Crippen molar-refractivity contribution in [2.75, 3.05) is 6.61 Å². The maximum Gasteiger partial charge on any atom is 0.338 e. The SMILES string of the molecule is CCOC(=O)C1(O)CCC(C)(C)CC1C. The van der Waals surface area contributed by atoms with Gasteiger partial charge in [0.05, 0.1) is 6.61 Å². The molecule has 0 saturated heterocycles. The lowest BCUT2D eigenvalue weighted by Crippen LogP contribution is -2.50. The van der Waals surface area contributed by atoms with Crippen LogP contribution in [-0.4, -0.2) is 23.3 Å². The van der Waals surface area contributed by atoms with Crippen molar-refractivity contribution in [1.29, 1.82) is 0 Å². The standard InChI is InChI=1S/C12H22O3/c1-5-15-10(13)12(14)7-6-11(3,4)8-9(12)2/h9,14H,5-8H2,1-4H3. The van der Waals surface area contributed by atoms with Crippen LogP contribution in [0.5, 0.6) is 0 Å². The van der Waals surface area contributed by atoms with Crippen LogP contribution >= 0.6 is 0 Å². The molecule has 0 spiro atoms. The topological polar surface area (TPSA) is 46.5 Å². The number of hydrogen-bond acceptors (Lipinski definition) is 3. The Labute approximate surface area is 91.8 Å². The van der Waals surface area contributed by atoms with Crippen LogP contribution in [0.15, 0.2) is 0 Å². The number of carbonyl (C=O) groups excluding carboxylic acids is 1. The summed E-state index contributed by atoms with van der Waals surface area (Å²) in [6.07, 6.45) is 2.25. The Morgan fingerprint density at radius 2 is 2.07 bits per heavy atom. The Hall–Kier alpha value is -0.570. The molecule has 1 aliphatic carbocycles. The summed E-state index contributed by atoms with van der Waals surface area (Å²) in [6, 6.07) is 0. The van der Waals surface area contributed by atoms with Crippen LogP contribution in [0.3, 0.4) is 0 Å². The molecule has 15 heavy (non-hydrogen) atoms. The van der Waals surface area contributed by atoms with Crippen LogP contribution in [0.25, 0.3) is 0 Å². The van der Waals surface area contributed by atoms with Crippen molar-refractivity contribution in [3.8, 4) is 0 Å². The molecule has 2 unspecified atom stereocenters. The number of aliphatic hydroxyl groups is 1. The number of esters is 1. The van der Waals surface area contributed by atoms with Crippen molar-refractivity contribution in [3.05, 3.63) is 0 Å². The maximum atomic E-state index is 11.7. The van der Waals surface area contributed by atoms with Gasteiger partial charge in [0, 0.05) is 0 Å². The summed E-state index contributed by atoms with van der Waals surface area (Å²) in [6.45, 7) is 8.37. The maximum absolute atomic E-state index is 11.7. The molecule has 0 radical (unpaired) electrons. The average Bonchev–Trinajstić information content (AvgIpc) is 2.12. The minimum Gasteiger partial charge on any atom is -0.464 e. The monoisotopic (exact) mass is 214 g/mol. The number of ether oxygens (including phenoxy) is 1. The Bertz CT molecular complexity index is 247. The zero-order chi connectivity index (χ0) is 11.7. The molecule has 0 bridgehead atoms. The van der Waals surface area contributed by atoms with Crippen molar-refractivity contribution in [2.24, 2.45) is 11.3 Å². The highest BCUT2D eigenvalue weighted by atomic mass is 16.5. The van der Waals surface area contributed by atoms with E-state index < -0.39 is 11.6 Å². The van der Waals surface area contributed by atoms with E-state index >= 15 is 0 Å². The molecule has 0 heterocycles. The molecule has 1 rings (SSSR count). The van der Waals surface area contributed by atoms with Crippen molar-refractivity contribution < 1.29 is 14.6 Å². The minimum absolute atomic E-state index is 0.0275. The lowest BCUT2D eigenvalue weighted by atomic mass is 9.65. The van der Waals surface area contributed by atoms with Crippen LogP contribution in [0, 0.1) is 11.3 Å². The first-order chi connectivity index (χ1) is 6.82. The van der Waals surface area contributed by atoms with Crippen LogP contribution in [-0.2, 0) is 9.53 Å². The van der Waals surface area contributed by atoms with Crippen LogP contribution < -0.4 is 0 Å². The fourth-order valence-electron chi connectivity index (χ4n) is 2.43. The first-order valence-corrected chi connectivity index (χ1v) is 5.71. The summed E-state index contributed by atoms with van der Waals surface area (Å²) >= 11 is 0. The van der Waals surface area contributed by atoms with Gasteiger partial charge in [-0.2, -0.15) is 0 Å². The summed E-state index contributed by atoms with van der Waals surface area (Å²) in [4.78, 5) is 11.7. The molecular weight excluding hydrogens is 192 g/mol. The van der Waals surface area contributed by atoms with Crippen molar-refractivity contribution in [1.82, 2.24) is 0 Å². The fraction of sp³-hybridized carbons (Fsp3) is 0.917. The van der Waals surface area contributed by atoms with Gasteiger partial charge in [0.15, 0.2) is 5.60 Å². The van der Waals surface area contributed by atoms with Crippen molar-refractivity contribution in [3.63, 3.8) is 0 Å². The fourth-order valence-corrected chi connectivity index (χ4v) is 2.43. The second-order valence-electron chi connectivity index (χ2n) is 5.41. The second kappa shape index (κ2) is 4.12. The average molecular weight is 214 g/mol. The third-order valence-electron chi connectivity index (χ3n) is 3.49. The van der Waals surface area contributed by atoms with E-state index in [1.54, 1.807) is 6.92 Å². The number of rotatable bonds is 2. The van der Waals surface area contributed by atoms with Crippen molar-refractivity contribution in [2.45, 2.75) is 52.6 Å². The molecule has 3 heteroatoms. The third-order valence-corrected chi connectivity index (χ3v) is 3.49. The van der Waals surface area contributed by atoms with E-state index in [0.29, 0.717) is 13.0 Å². The zero-order valence-electron chi connectivity index (χ0n) is 10.2. The Morgan fingerprint density at radius 1 is 1.47 bits per heavy atom. The molecule has 1 saturated carbocycles. The van der Waals surface area contributed by atoms with Gasteiger partial charge < -0.3 is 9.84 Å². The highest BCUT2D eigenvalue weighted by molar-refractivity contribution is 5.79. The van der Waals surface area contributed by atoms with Gasteiger partial charge in [-0.25, -0.2) is 4.79 Å². The molecule has 0 aromatic heterocycles. The Balaban J connectivity index is 2.74. The Kier molecular flexibility index (Phi) is 3.44. The van der Waals surface area contributed by atoms with Crippen molar-refractivity contribution >= 4 is 5.97 Å². The zero-order valence-corrected chi connectivity index (χ0v) is 10.2. The van der Waals surface area contributed by atoms with Gasteiger partial charge in [-0.3, -0.25) is 0 Å². The van der Waals surface area contributed by atoms with Gasteiger partial charge in [0.2, 0.25) is 0 Å². The third kappa shape index (κ3) is 2.51. The predicted molar refractivity (Wildman–Crippen MR) is 58.4 cm³/mol. The summed E-state index contributed by atoms with van der Waals surface area (Å²) in [5, 5.41) is 10.3. The van der Waals surface area contributed by atoms with Gasteiger partial charge in [0.1, 0.15) is 0 Å². The normalized spacial score (nSPS) is 34.9. The van der Waals surface area contributed by atoms with Crippen LogP contribution in [0.1, 0.15) is 47.0 Å². The first-order valence-electron chi connectivity index (χ1n) is 5.71. The Morgan fingerprint density at radius 3 is 2.53 bits per heavy atom. The smallest absolute Gasteiger partial charge is 0.338 e. The molecule has 1 fully saturated rings. The highest BCUT2D eigenvalue weighted by Crippen LogP contribution is 2.44. The molecule has 1 N–H and O–H groups in total. The van der Waals surface area contributed by atoms with Crippen LogP contribution in [0.4, 0.5) is 0 Å². The van der Waals surface area contributed by atoms with E-state index in [4.69, 9.17) is 4.74 Å². The minimum atomic E-state index is -1.26. The molecule has 1 aliphatic rings.